The lowest BCUT2D eigenvalue weighted by molar-refractivity contribution is 0.375. The Hall–Kier alpha value is -0.790. The topological polar surface area (TPSA) is 26.0 Å². The van der Waals surface area contributed by atoms with Gasteiger partial charge in [-0.05, 0) is 12.8 Å². The summed E-state index contributed by atoms with van der Waals surface area (Å²) in [5.74, 6) is 1.44. The lowest BCUT2D eigenvalue weighted by Gasteiger charge is -2.18. The van der Waals surface area contributed by atoms with Gasteiger partial charge in [-0.25, -0.2) is 0 Å². The molecule has 1 heterocycles. The first-order valence-corrected chi connectivity index (χ1v) is 4.80. The van der Waals surface area contributed by atoms with E-state index in [-0.39, 0.29) is 5.41 Å². The van der Waals surface area contributed by atoms with Gasteiger partial charge < -0.3 is 4.52 Å². The third kappa shape index (κ3) is 1.93. The van der Waals surface area contributed by atoms with Gasteiger partial charge in [0.25, 0.3) is 0 Å². The first-order valence-electron chi connectivity index (χ1n) is 4.80. The predicted octanol–water partition coefficient (Wildman–Crippen LogP) is 3.40. The lowest BCUT2D eigenvalue weighted by Crippen LogP contribution is -2.14. The molecule has 0 amide bonds. The summed E-state index contributed by atoms with van der Waals surface area (Å²) >= 11 is 0. The molecule has 2 heteroatoms. The van der Waals surface area contributed by atoms with Crippen LogP contribution in [0.5, 0.6) is 0 Å². The summed E-state index contributed by atoms with van der Waals surface area (Å²) in [6.07, 6.45) is 0. The van der Waals surface area contributed by atoms with Crippen LogP contribution in [0.1, 0.15) is 57.6 Å². The van der Waals surface area contributed by atoms with Gasteiger partial charge in [-0.3, -0.25) is 0 Å². The molecular weight excluding hydrogens is 162 g/mol. The Bertz CT molecular complexity index is 292. The van der Waals surface area contributed by atoms with Gasteiger partial charge in [0.05, 0.1) is 5.69 Å². The molecule has 1 rings (SSSR count). The zero-order valence-corrected chi connectivity index (χ0v) is 9.43. The van der Waals surface area contributed by atoms with Gasteiger partial charge in [0.15, 0.2) is 0 Å². The first-order chi connectivity index (χ1) is 5.84. The third-order valence-electron chi connectivity index (χ3n) is 2.20. The van der Waals surface area contributed by atoms with Crippen LogP contribution >= 0.6 is 0 Å². The van der Waals surface area contributed by atoms with Crippen molar-refractivity contribution in [2.45, 2.75) is 52.9 Å². The summed E-state index contributed by atoms with van der Waals surface area (Å²) in [7, 11) is 0. The third-order valence-corrected chi connectivity index (χ3v) is 2.20. The Morgan fingerprint density at radius 1 is 1.23 bits per heavy atom. The Labute approximate surface area is 80.3 Å². The molecule has 0 fully saturated rings. The fourth-order valence-corrected chi connectivity index (χ4v) is 1.60. The van der Waals surface area contributed by atoms with E-state index in [0.717, 1.165) is 11.5 Å². The zero-order chi connectivity index (χ0) is 10.2. The van der Waals surface area contributed by atoms with Crippen LogP contribution in [0, 0.1) is 6.92 Å². The molecule has 74 valence electrons. The molecule has 0 radical (unpaired) electrons. The van der Waals surface area contributed by atoms with Crippen LogP contribution in [0.4, 0.5) is 0 Å². The second-order valence-corrected chi connectivity index (χ2v) is 4.91. The van der Waals surface area contributed by atoms with E-state index >= 15 is 0 Å². The molecule has 0 bridgehead atoms. The predicted molar refractivity (Wildman–Crippen MR) is 54.0 cm³/mol. The molecule has 0 aliphatic carbocycles. The van der Waals surface area contributed by atoms with Crippen LogP contribution in [0.25, 0.3) is 0 Å². The number of hydrogen-bond acceptors (Lipinski definition) is 2. The quantitative estimate of drug-likeness (QED) is 0.663. The van der Waals surface area contributed by atoms with Gasteiger partial charge in [-0.1, -0.05) is 39.8 Å². The number of aryl methyl sites for hydroxylation is 1. The van der Waals surface area contributed by atoms with Crippen molar-refractivity contribution in [3.05, 3.63) is 17.0 Å². The highest BCUT2D eigenvalue weighted by Gasteiger charge is 2.25. The summed E-state index contributed by atoms with van der Waals surface area (Å²) < 4.78 is 5.23. The van der Waals surface area contributed by atoms with Crippen molar-refractivity contribution < 1.29 is 4.52 Å². The Morgan fingerprint density at radius 2 is 1.77 bits per heavy atom. The van der Waals surface area contributed by atoms with Gasteiger partial charge >= 0.3 is 0 Å². The van der Waals surface area contributed by atoms with E-state index in [1.807, 2.05) is 6.92 Å². The van der Waals surface area contributed by atoms with Gasteiger partial charge in [0, 0.05) is 11.0 Å². The van der Waals surface area contributed by atoms with Gasteiger partial charge in [-0.15, -0.1) is 0 Å². The molecule has 0 saturated heterocycles. The fraction of sp³-hybridized carbons (Fsp3) is 0.727. The highest BCUT2D eigenvalue weighted by atomic mass is 16.5. The van der Waals surface area contributed by atoms with Crippen molar-refractivity contribution in [2.24, 2.45) is 0 Å². The SMILES string of the molecule is Cc1onc(C(C)(C)C)c1C(C)C. The number of nitrogens with zero attached hydrogens (tertiary/aromatic N) is 1. The molecule has 0 unspecified atom stereocenters. The zero-order valence-electron chi connectivity index (χ0n) is 9.43. The minimum absolute atomic E-state index is 0.0807. The van der Waals surface area contributed by atoms with E-state index in [9.17, 15) is 0 Å². The van der Waals surface area contributed by atoms with E-state index in [1.54, 1.807) is 0 Å². The minimum atomic E-state index is 0.0807. The average Bonchev–Trinajstić information content (AvgIpc) is 2.28. The molecule has 0 atom stereocenters. The molecule has 1 aromatic heterocycles. The van der Waals surface area contributed by atoms with Crippen molar-refractivity contribution in [3.8, 4) is 0 Å². The Morgan fingerprint density at radius 3 is 2.08 bits per heavy atom. The van der Waals surface area contributed by atoms with Gasteiger partial charge in [0.2, 0.25) is 0 Å². The van der Waals surface area contributed by atoms with Crippen molar-refractivity contribution >= 4 is 0 Å². The van der Waals surface area contributed by atoms with E-state index in [2.05, 4.69) is 39.8 Å². The second kappa shape index (κ2) is 3.17. The highest BCUT2D eigenvalue weighted by molar-refractivity contribution is 5.30. The Balaban J connectivity index is 3.23. The van der Waals surface area contributed by atoms with Crippen LogP contribution in [0.3, 0.4) is 0 Å². The first kappa shape index (κ1) is 10.3. The summed E-state index contributed by atoms with van der Waals surface area (Å²) in [6, 6.07) is 0. The monoisotopic (exact) mass is 181 g/mol. The highest BCUT2D eigenvalue weighted by Crippen LogP contribution is 2.31. The maximum Gasteiger partial charge on any atom is 0.137 e. The van der Waals surface area contributed by atoms with Gasteiger partial charge in [-0.2, -0.15) is 0 Å². The van der Waals surface area contributed by atoms with Crippen LogP contribution < -0.4 is 0 Å². The molecule has 0 aliphatic heterocycles. The van der Waals surface area contributed by atoms with Crippen LogP contribution in [-0.2, 0) is 5.41 Å². The number of aromatic nitrogens is 1. The maximum atomic E-state index is 5.23. The smallest absolute Gasteiger partial charge is 0.137 e. The van der Waals surface area contributed by atoms with Crippen molar-refractivity contribution in [1.29, 1.82) is 0 Å². The van der Waals surface area contributed by atoms with Crippen LogP contribution in [0.15, 0.2) is 4.52 Å². The normalized spacial score (nSPS) is 12.5. The molecule has 0 aromatic carbocycles. The van der Waals surface area contributed by atoms with Gasteiger partial charge in [0.1, 0.15) is 5.76 Å². The largest absolute Gasteiger partial charge is 0.361 e. The molecule has 0 spiro atoms. The second-order valence-electron chi connectivity index (χ2n) is 4.91. The minimum Gasteiger partial charge on any atom is -0.361 e. The molecule has 0 N–H and O–H groups in total. The number of hydrogen-bond donors (Lipinski definition) is 0. The summed E-state index contributed by atoms with van der Waals surface area (Å²) in [4.78, 5) is 0. The standard InChI is InChI=1S/C11H19NO/c1-7(2)9-8(3)13-12-10(9)11(4,5)6/h7H,1-6H3. The van der Waals surface area contributed by atoms with E-state index in [0.29, 0.717) is 5.92 Å². The van der Waals surface area contributed by atoms with E-state index in [1.165, 1.54) is 5.56 Å². The lowest BCUT2D eigenvalue weighted by atomic mass is 9.85. The maximum absolute atomic E-state index is 5.23. The summed E-state index contributed by atoms with van der Waals surface area (Å²) in [5, 5.41) is 4.13. The molecule has 2 nitrogen and oxygen atoms in total. The van der Waals surface area contributed by atoms with Crippen LogP contribution in [-0.4, -0.2) is 5.16 Å². The molecule has 0 aliphatic rings. The fourth-order valence-electron chi connectivity index (χ4n) is 1.60. The summed E-state index contributed by atoms with van der Waals surface area (Å²) in [5.41, 5.74) is 2.45. The van der Waals surface area contributed by atoms with Crippen molar-refractivity contribution in [1.82, 2.24) is 5.16 Å². The molecule has 13 heavy (non-hydrogen) atoms. The average molecular weight is 181 g/mol. The van der Waals surface area contributed by atoms with Crippen molar-refractivity contribution in [2.75, 3.05) is 0 Å². The van der Waals surface area contributed by atoms with Crippen molar-refractivity contribution in [3.63, 3.8) is 0 Å². The molecule has 1 aromatic rings. The molecular formula is C11H19NO. The van der Waals surface area contributed by atoms with E-state index < -0.39 is 0 Å². The van der Waals surface area contributed by atoms with E-state index in [4.69, 9.17) is 4.52 Å². The summed E-state index contributed by atoms with van der Waals surface area (Å²) in [6.45, 7) is 12.8. The Kier molecular flexibility index (Phi) is 2.51. The molecule has 0 saturated carbocycles. The number of rotatable bonds is 1. The van der Waals surface area contributed by atoms with Crippen LogP contribution in [0.2, 0.25) is 0 Å².